The van der Waals surface area contributed by atoms with E-state index in [1.807, 2.05) is 18.2 Å². The van der Waals surface area contributed by atoms with Crippen molar-refractivity contribution in [3.63, 3.8) is 0 Å². The highest BCUT2D eigenvalue weighted by Crippen LogP contribution is 2.46. The zero-order valence-electron chi connectivity index (χ0n) is 5.93. The highest BCUT2D eigenvalue weighted by atomic mass is 79.9. The van der Waals surface area contributed by atoms with Gasteiger partial charge in [-0.05, 0) is 30.0 Å². The standard InChI is InChI=1S/C9H8BrCl/c10-9-5-8(9)6-2-1-3-7(11)4-6/h1-4,8-9H,5H2/t8-,9-/m1/s1. The van der Waals surface area contributed by atoms with Crippen molar-refractivity contribution in [3.8, 4) is 0 Å². The van der Waals surface area contributed by atoms with Crippen molar-refractivity contribution in [3.05, 3.63) is 34.9 Å². The van der Waals surface area contributed by atoms with E-state index in [-0.39, 0.29) is 0 Å². The van der Waals surface area contributed by atoms with Crippen LogP contribution in [-0.2, 0) is 0 Å². The maximum absolute atomic E-state index is 5.85. The molecule has 1 saturated carbocycles. The molecule has 1 fully saturated rings. The van der Waals surface area contributed by atoms with Gasteiger partial charge in [0.25, 0.3) is 0 Å². The van der Waals surface area contributed by atoms with Gasteiger partial charge >= 0.3 is 0 Å². The lowest BCUT2D eigenvalue weighted by molar-refractivity contribution is 1.14. The van der Waals surface area contributed by atoms with Crippen LogP contribution in [0, 0.1) is 0 Å². The lowest BCUT2D eigenvalue weighted by Crippen LogP contribution is -1.79. The van der Waals surface area contributed by atoms with Gasteiger partial charge in [-0.25, -0.2) is 0 Å². The smallest absolute Gasteiger partial charge is 0.0408 e. The van der Waals surface area contributed by atoms with Gasteiger partial charge in [0, 0.05) is 9.85 Å². The molecular weight excluding hydrogens is 223 g/mol. The second kappa shape index (κ2) is 2.80. The van der Waals surface area contributed by atoms with Gasteiger partial charge in [-0.3, -0.25) is 0 Å². The van der Waals surface area contributed by atoms with Gasteiger partial charge in [0.2, 0.25) is 0 Å². The molecule has 2 heteroatoms. The molecule has 0 radical (unpaired) electrons. The van der Waals surface area contributed by atoms with Crippen molar-refractivity contribution < 1.29 is 0 Å². The van der Waals surface area contributed by atoms with Gasteiger partial charge in [-0.15, -0.1) is 0 Å². The third kappa shape index (κ3) is 1.60. The highest BCUT2D eigenvalue weighted by molar-refractivity contribution is 9.09. The van der Waals surface area contributed by atoms with Crippen LogP contribution in [-0.4, -0.2) is 4.83 Å². The molecule has 0 amide bonds. The number of hydrogen-bond acceptors (Lipinski definition) is 0. The molecule has 0 bridgehead atoms. The summed E-state index contributed by atoms with van der Waals surface area (Å²) in [4.78, 5) is 0.681. The topological polar surface area (TPSA) is 0 Å². The van der Waals surface area contributed by atoms with Crippen molar-refractivity contribution in [1.29, 1.82) is 0 Å². The predicted octanol–water partition coefficient (Wildman–Crippen LogP) is 3.59. The first-order valence-corrected chi connectivity index (χ1v) is 4.96. The predicted molar refractivity (Wildman–Crippen MR) is 51.5 cm³/mol. The summed E-state index contributed by atoms with van der Waals surface area (Å²) < 4.78 is 0. The molecule has 1 aliphatic carbocycles. The number of benzene rings is 1. The van der Waals surface area contributed by atoms with E-state index in [4.69, 9.17) is 11.6 Å². The van der Waals surface area contributed by atoms with Crippen LogP contribution < -0.4 is 0 Å². The monoisotopic (exact) mass is 230 g/mol. The maximum atomic E-state index is 5.85. The molecule has 0 unspecified atom stereocenters. The van der Waals surface area contributed by atoms with Gasteiger partial charge in [-0.2, -0.15) is 0 Å². The molecule has 1 aromatic rings. The molecule has 0 spiro atoms. The Labute approximate surface area is 79.7 Å². The van der Waals surface area contributed by atoms with E-state index in [1.165, 1.54) is 12.0 Å². The van der Waals surface area contributed by atoms with E-state index in [0.717, 1.165) is 5.02 Å². The average molecular weight is 232 g/mol. The largest absolute Gasteiger partial charge is 0.0884 e. The molecule has 1 aliphatic rings. The molecule has 0 aliphatic heterocycles. The van der Waals surface area contributed by atoms with Crippen molar-refractivity contribution in [2.75, 3.05) is 0 Å². The summed E-state index contributed by atoms with van der Waals surface area (Å²) >= 11 is 9.42. The Balaban J connectivity index is 2.25. The Kier molecular flexibility index (Phi) is 1.94. The SMILES string of the molecule is Clc1cccc([C@H]2C[C@H]2Br)c1. The Morgan fingerprint density at radius 1 is 1.45 bits per heavy atom. The first-order chi connectivity index (χ1) is 5.27. The third-order valence-corrected chi connectivity index (χ3v) is 3.24. The summed E-state index contributed by atoms with van der Waals surface area (Å²) in [7, 11) is 0. The van der Waals surface area contributed by atoms with E-state index in [1.54, 1.807) is 0 Å². The van der Waals surface area contributed by atoms with Gasteiger partial charge in [-0.1, -0.05) is 39.7 Å². The van der Waals surface area contributed by atoms with E-state index < -0.39 is 0 Å². The zero-order valence-corrected chi connectivity index (χ0v) is 8.27. The summed E-state index contributed by atoms with van der Waals surface area (Å²) in [6.07, 6.45) is 1.25. The van der Waals surface area contributed by atoms with E-state index in [0.29, 0.717) is 10.7 Å². The van der Waals surface area contributed by atoms with E-state index >= 15 is 0 Å². The van der Waals surface area contributed by atoms with Gasteiger partial charge < -0.3 is 0 Å². The first-order valence-electron chi connectivity index (χ1n) is 3.67. The second-order valence-corrected chi connectivity index (χ2v) is 4.53. The minimum Gasteiger partial charge on any atom is -0.0884 e. The first kappa shape index (κ1) is 7.63. The Morgan fingerprint density at radius 3 is 2.73 bits per heavy atom. The lowest BCUT2D eigenvalue weighted by atomic mass is 10.1. The second-order valence-electron chi connectivity index (χ2n) is 2.91. The van der Waals surface area contributed by atoms with Crippen LogP contribution in [0.5, 0.6) is 0 Å². The summed E-state index contributed by atoms with van der Waals surface area (Å²) in [6.45, 7) is 0. The van der Waals surface area contributed by atoms with E-state index in [2.05, 4.69) is 22.0 Å². The van der Waals surface area contributed by atoms with Crippen molar-refractivity contribution in [2.45, 2.75) is 17.2 Å². The van der Waals surface area contributed by atoms with Crippen LogP contribution in [0.3, 0.4) is 0 Å². The summed E-state index contributed by atoms with van der Waals surface area (Å²) in [5, 5.41) is 0.842. The minimum absolute atomic E-state index is 0.681. The molecule has 2 atom stereocenters. The lowest BCUT2D eigenvalue weighted by Gasteiger charge is -1.96. The third-order valence-electron chi connectivity index (χ3n) is 1.99. The van der Waals surface area contributed by atoms with Crippen LogP contribution in [0.2, 0.25) is 5.02 Å². The quantitative estimate of drug-likeness (QED) is 0.648. The van der Waals surface area contributed by atoms with Crippen molar-refractivity contribution in [2.24, 2.45) is 0 Å². The maximum Gasteiger partial charge on any atom is 0.0408 e. The number of halogens is 2. The van der Waals surface area contributed by atoms with Gasteiger partial charge in [0.15, 0.2) is 0 Å². The fraction of sp³-hybridized carbons (Fsp3) is 0.333. The fourth-order valence-corrected chi connectivity index (χ4v) is 2.15. The van der Waals surface area contributed by atoms with Crippen LogP contribution in [0.4, 0.5) is 0 Å². The summed E-state index contributed by atoms with van der Waals surface area (Å²) in [5.74, 6) is 0.702. The molecule has 0 nitrogen and oxygen atoms in total. The molecular formula is C9H8BrCl. The fourth-order valence-electron chi connectivity index (χ4n) is 1.25. The molecule has 58 valence electrons. The molecule has 0 aromatic heterocycles. The molecule has 2 rings (SSSR count). The van der Waals surface area contributed by atoms with Crippen LogP contribution in [0.15, 0.2) is 24.3 Å². The number of rotatable bonds is 1. The molecule has 0 N–H and O–H groups in total. The normalized spacial score (nSPS) is 28.5. The Morgan fingerprint density at radius 2 is 2.18 bits per heavy atom. The number of hydrogen-bond donors (Lipinski definition) is 0. The summed E-state index contributed by atoms with van der Waals surface area (Å²) in [5.41, 5.74) is 1.36. The van der Waals surface area contributed by atoms with Crippen molar-refractivity contribution in [1.82, 2.24) is 0 Å². The Bertz CT molecular complexity index is 272. The molecule has 0 heterocycles. The van der Waals surface area contributed by atoms with Crippen LogP contribution in [0.25, 0.3) is 0 Å². The Hall–Kier alpha value is -0.0100. The average Bonchev–Trinajstić information content (AvgIpc) is 2.67. The van der Waals surface area contributed by atoms with Gasteiger partial charge in [0.05, 0.1) is 0 Å². The molecule has 1 aromatic carbocycles. The zero-order chi connectivity index (χ0) is 7.84. The van der Waals surface area contributed by atoms with Crippen LogP contribution in [0.1, 0.15) is 17.9 Å². The van der Waals surface area contributed by atoms with E-state index in [9.17, 15) is 0 Å². The highest BCUT2D eigenvalue weighted by Gasteiger charge is 2.35. The molecule has 0 saturated heterocycles. The minimum atomic E-state index is 0.681. The summed E-state index contributed by atoms with van der Waals surface area (Å²) in [6, 6.07) is 8.11. The van der Waals surface area contributed by atoms with Crippen molar-refractivity contribution >= 4 is 27.5 Å². The molecule has 11 heavy (non-hydrogen) atoms. The van der Waals surface area contributed by atoms with Gasteiger partial charge in [0.1, 0.15) is 0 Å². The number of alkyl halides is 1. The van der Waals surface area contributed by atoms with Crippen LogP contribution >= 0.6 is 27.5 Å².